The van der Waals surface area contributed by atoms with E-state index in [-0.39, 0.29) is 0 Å². The van der Waals surface area contributed by atoms with Crippen molar-refractivity contribution >= 4 is 17.4 Å². The molecule has 1 saturated heterocycles. The van der Waals surface area contributed by atoms with Crippen molar-refractivity contribution in [3.8, 4) is 5.69 Å². The Labute approximate surface area is 155 Å². The monoisotopic (exact) mass is 358 g/mol. The molecule has 0 atom stereocenters. The van der Waals surface area contributed by atoms with E-state index >= 15 is 0 Å². The van der Waals surface area contributed by atoms with Crippen LogP contribution in [0.25, 0.3) is 5.69 Å². The van der Waals surface area contributed by atoms with Crippen molar-refractivity contribution in [2.75, 3.05) is 31.5 Å². The molecule has 1 N–H and O–H groups in total. The Balaban J connectivity index is 1.63. The summed E-state index contributed by atoms with van der Waals surface area (Å²) in [5.41, 5.74) is 3.61. The standard InChI is InChI=1S/C20H27ClN4/c21-17-9-2-3-10-19(17)25-20-16(8-4-5-12-22-20)18(23-25)11-15-24-13-6-1-7-14-24/h2-3,9-10,22H,1,4-8,11-15H2. The number of rotatable bonds is 4. The van der Waals surface area contributed by atoms with Crippen LogP contribution in [0.3, 0.4) is 0 Å². The fourth-order valence-corrected chi connectivity index (χ4v) is 4.23. The Morgan fingerprint density at radius 3 is 2.72 bits per heavy atom. The second-order valence-corrected chi connectivity index (χ2v) is 7.58. The molecule has 0 spiro atoms. The minimum absolute atomic E-state index is 0.751. The number of benzene rings is 1. The fraction of sp³-hybridized carbons (Fsp3) is 0.550. The number of halogens is 1. The van der Waals surface area contributed by atoms with E-state index < -0.39 is 0 Å². The number of hydrogen-bond donors (Lipinski definition) is 1. The molecule has 0 aliphatic carbocycles. The Bertz CT molecular complexity index is 718. The summed E-state index contributed by atoms with van der Waals surface area (Å²) in [7, 11) is 0. The number of nitrogens with zero attached hydrogens (tertiary/aromatic N) is 3. The van der Waals surface area contributed by atoms with Crippen LogP contribution in [0.1, 0.15) is 43.4 Å². The van der Waals surface area contributed by atoms with E-state index in [0.717, 1.165) is 42.5 Å². The van der Waals surface area contributed by atoms with Crippen LogP contribution in [0.2, 0.25) is 5.02 Å². The Hall–Kier alpha value is -1.52. The average Bonchev–Trinajstić information content (AvgIpc) is 2.81. The van der Waals surface area contributed by atoms with Crippen molar-refractivity contribution in [3.63, 3.8) is 0 Å². The molecule has 5 heteroatoms. The van der Waals surface area contributed by atoms with Crippen LogP contribution < -0.4 is 5.32 Å². The number of hydrogen-bond acceptors (Lipinski definition) is 3. The molecule has 4 rings (SSSR count). The summed E-state index contributed by atoms with van der Waals surface area (Å²) >= 11 is 6.45. The van der Waals surface area contributed by atoms with Gasteiger partial charge < -0.3 is 10.2 Å². The highest BCUT2D eigenvalue weighted by molar-refractivity contribution is 6.32. The second-order valence-electron chi connectivity index (χ2n) is 7.17. The van der Waals surface area contributed by atoms with E-state index in [1.54, 1.807) is 0 Å². The number of anilines is 1. The lowest BCUT2D eigenvalue weighted by molar-refractivity contribution is 0.230. The third-order valence-electron chi connectivity index (χ3n) is 5.41. The number of para-hydroxylation sites is 1. The predicted octanol–water partition coefficient (Wildman–Crippen LogP) is 4.30. The van der Waals surface area contributed by atoms with Crippen LogP contribution in [0.15, 0.2) is 24.3 Å². The van der Waals surface area contributed by atoms with Gasteiger partial charge in [-0.25, -0.2) is 4.68 Å². The van der Waals surface area contributed by atoms with Crippen LogP contribution in [-0.2, 0) is 12.8 Å². The third-order valence-corrected chi connectivity index (χ3v) is 5.73. The second kappa shape index (κ2) is 7.79. The molecule has 0 radical (unpaired) electrons. The normalized spacial score (nSPS) is 18.4. The minimum Gasteiger partial charge on any atom is -0.370 e. The smallest absolute Gasteiger partial charge is 0.133 e. The lowest BCUT2D eigenvalue weighted by Gasteiger charge is -2.26. The highest BCUT2D eigenvalue weighted by Crippen LogP contribution is 2.31. The molecule has 1 aromatic heterocycles. The van der Waals surface area contributed by atoms with E-state index in [0.29, 0.717) is 0 Å². The lowest BCUT2D eigenvalue weighted by Crippen LogP contribution is -2.31. The van der Waals surface area contributed by atoms with Crippen molar-refractivity contribution in [2.45, 2.75) is 44.9 Å². The molecule has 2 aliphatic rings. The first-order chi connectivity index (χ1) is 12.3. The maximum Gasteiger partial charge on any atom is 0.133 e. The van der Waals surface area contributed by atoms with E-state index in [4.69, 9.17) is 16.7 Å². The summed E-state index contributed by atoms with van der Waals surface area (Å²) in [5, 5.41) is 9.35. The molecule has 1 fully saturated rings. The molecule has 134 valence electrons. The molecule has 0 saturated carbocycles. The van der Waals surface area contributed by atoms with Crippen LogP contribution in [0.4, 0.5) is 5.82 Å². The highest BCUT2D eigenvalue weighted by Gasteiger charge is 2.22. The van der Waals surface area contributed by atoms with Crippen LogP contribution in [-0.4, -0.2) is 40.9 Å². The fourth-order valence-electron chi connectivity index (χ4n) is 4.02. The van der Waals surface area contributed by atoms with Gasteiger partial charge in [0, 0.05) is 25.1 Å². The topological polar surface area (TPSA) is 33.1 Å². The number of likely N-dealkylation sites (tertiary alicyclic amines) is 1. The Kier molecular flexibility index (Phi) is 5.28. The van der Waals surface area contributed by atoms with Crippen molar-refractivity contribution in [3.05, 3.63) is 40.5 Å². The molecular weight excluding hydrogens is 332 g/mol. The van der Waals surface area contributed by atoms with Crippen LogP contribution in [0, 0.1) is 0 Å². The number of piperidine rings is 1. The molecule has 3 heterocycles. The average molecular weight is 359 g/mol. The lowest BCUT2D eigenvalue weighted by atomic mass is 10.1. The van der Waals surface area contributed by atoms with E-state index in [2.05, 4.69) is 16.3 Å². The van der Waals surface area contributed by atoms with Gasteiger partial charge in [-0.2, -0.15) is 5.10 Å². The molecule has 2 aliphatic heterocycles. The first-order valence-electron chi connectivity index (χ1n) is 9.65. The van der Waals surface area contributed by atoms with Gasteiger partial charge in [0.05, 0.1) is 16.4 Å². The summed E-state index contributed by atoms with van der Waals surface area (Å²) in [6.45, 7) is 4.61. The molecular formula is C20H27ClN4. The van der Waals surface area contributed by atoms with Gasteiger partial charge in [-0.1, -0.05) is 30.2 Å². The zero-order valence-electron chi connectivity index (χ0n) is 14.8. The maximum absolute atomic E-state index is 6.45. The van der Waals surface area contributed by atoms with Gasteiger partial charge in [0.15, 0.2) is 0 Å². The van der Waals surface area contributed by atoms with Crippen LogP contribution in [0.5, 0.6) is 0 Å². The molecule has 4 nitrogen and oxygen atoms in total. The van der Waals surface area contributed by atoms with Crippen molar-refractivity contribution in [2.24, 2.45) is 0 Å². The summed E-state index contributed by atoms with van der Waals surface area (Å²) in [6.07, 6.45) is 8.65. The highest BCUT2D eigenvalue weighted by atomic mass is 35.5. The molecule has 2 aromatic rings. The van der Waals surface area contributed by atoms with Crippen molar-refractivity contribution in [1.82, 2.24) is 14.7 Å². The van der Waals surface area contributed by atoms with Crippen molar-refractivity contribution in [1.29, 1.82) is 0 Å². The molecule has 0 bridgehead atoms. The van der Waals surface area contributed by atoms with E-state index in [1.807, 2.05) is 22.9 Å². The summed E-state index contributed by atoms with van der Waals surface area (Å²) in [6, 6.07) is 7.99. The first kappa shape index (κ1) is 16.9. The third kappa shape index (κ3) is 3.70. The minimum atomic E-state index is 0.751. The Morgan fingerprint density at radius 1 is 1.04 bits per heavy atom. The zero-order chi connectivity index (χ0) is 17.1. The number of aromatic nitrogens is 2. The molecule has 0 unspecified atom stereocenters. The molecule has 1 aromatic carbocycles. The Morgan fingerprint density at radius 2 is 1.88 bits per heavy atom. The van der Waals surface area contributed by atoms with E-state index in [1.165, 1.54) is 56.5 Å². The number of nitrogens with one attached hydrogen (secondary N) is 1. The SMILES string of the molecule is Clc1ccccc1-n1nc(CCN2CCCCC2)c2c1NCCCC2. The largest absolute Gasteiger partial charge is 0.370 e. The van der Waals surface area contributed by atoms with Gasteiger partial charge in [0.2, 0.25) is 0 Å². The van der Waals surface area contributed by atoms with Gasteiger partial charge in [0.1, 0.15) is 5.82 Å². The van der Waals surface area contributed by atoms with Gasteiger partial charge in [0.25, 0.3) is 0 Å². The zero-order valence-corrected chi connectivity index (χ0v) is 15.6. The van der Waals surface area contributed by atoms with Gasteiger partial charge >= 0.3 is 0 Å². The van der Waals surface area contributed by atoms with E-state index in [9.17, 15) is 0 Å². The summed E-state index contributed by atoms with van der Waals surface area (Å²) < 4.78 is 2.04. The predicted molar refractivity (Wildman–Crippen MR) is 104 cm³/mol. The van der Waals surface area contributed by atoms with Crippen molar-refractivity contribution < 1.29 is 0 Å². The number of fused-ring (bicyclic) bond motifs is 1. The quantitative estimate of drug-likeness (QED) is 0.884. The summed E-state index contributed by atoms with van der Waals surface area (Å²) in [4.78, 5) is 2.59. The summed E-state index contributed by atoms with van der Waals surface area (Å²) in [5.74, 6) is 1.15. The molecule has 25 heavy (non-hydrogen) atoms. The van der Waals surface area contributed by atoms with Crippen LogP contribution >= 0.6 is 11.6 Å². The first-order valence-corrected chi connectivity index (χ1v) is 10.0. The maximum atomic E-state index is 6.45. The van der Waals surface area contributed by atoms with Gasteiger partial charge in [-0.15, -0.1) is 0 Å². The molecule has 0 amide bonds. The van der Waals surface area contributed by atoms with Gasteiger partial charge in [-0.3, -0.25) is 0 Å². The van der Waals surface area contributed by atoms with Gasteiger partial charge in [-0.05, 0) is 57.3 Å².